The molecule has 0 saturated carbocycles. The molecule has 20 heavy (non-hydrogen) atoms. The zero-order chi connectivity index (χ0) is 13.8. The molecule has 0 unspecified atom stereocenters. The van der Waals surface area contributed by atoms with Crippen LogP contribution in [-0.2, 0) is 6.42 Å². The Morgan fingerprint density at radius 1 is 1.20 bits per heavy atom. The Balaban J connectivity index is 1.79. The van der Waals surface area contributed by atoms with E-state index in [9.17, 15) is 0 Å². The van der Waals surface area contributed by atoms with E-state index in [0.29, 0.717) is 0 Å². The van der Waals surface area contributed by atoms with Gasteiger partial charge in [0.05, 0.1) is 12.1 Å². The fraction of sp³-hybridized carbons (Fsp3) is 0.200. The molecule has 3 rings (SSSR count). The molecule has 5 heteroatoms. The number of ether oxygens (including phenoxy) is 1. The zero-order valence-electron chi connectivity index (χ0n) is 11.2. The summed E-state index contributed by atoms with van der Waals surface area (Å²) in [6.45, 7) is 0.816. The van der Waals surface area contributed by atoms with E-state index in [1.54, 1.807) is 18.4 Å². The van der Waals surface area contributed by atoms with Crippen LogP contribution in [0.3, 0.4) is 0 Å². The highest BCUT2D eigenvalue weighted by atomic mass is 32.1. The van der Waals surface area contributed by atoms with E-state index in [0.717, 1.165) is 40.3 Å². The first-order valence-electron chi connectivity index (χ1n) is 6.42. The predicted octanol–water partition coefficient (Wildman–Crippen LogP) is 3.35. The van der Waals surface area contributed by atoms with E-state index in [2.05, 4.69) is 15.3 Å². The van der Waals surface area contributed by atoms with Gasteiger partial charge < -0.3 is 10.1 Å². The van der Waals surface area contributed by atoms with Crippen LogP contribution in [0.1, 0.15) is 5.01 Å². The van der Waals surface area contributed by atoms with E-state index < -0.39 is 0 Å². The molecule has 4 nitrogen and oxygen atoms in total. The Hall–Kier alpha value is -2.14. The van der Waals surface area contributed by atoms with Crippen LogP contribution in [0.5, 0.6) is 5.75 Å². The van der Waals surface area contributed by atoms with Crippen molar-refractivity contribution in [2.24, 2.45) is 0 Å². The van der Waals surface area contributed by atoms with Crippen molar-refractivity contribution in [1.29, 1.82) is 0 Å². The minimum absolute atomic E-state index is 0.816. The van der Waals surface area contributed by atoms with Gasteiger partial charge in [0.15, 0.2) is 0 Å². The average Bonchev–Trinajstić information content (AvgIpc) is 3.00. The number of hydrogen-bond donors (Lipinski definition) is 1. The van der Waals surface area contributed by atoms with Crippen LogP contribution in [0.25, 0.3) is 10.8 Å². The second-order valence-corrected chi connectivity index (χ2v) is 5.33. The quantitative estimate of drug-likeness (QED) is 0.781. The summed E-state index contributed by atoms with van der Waals surface area (Å²) in [5.41, 5.74) is 0. The van der Waals surface area contributed by atoms with E-state index >= 15 is 0 Å². The van der Waals surface area contributed by atoms with Crippen LogP contribution in [0, 0.1) is 0 Å². The number of benzene rings is 1. The van der Waals surface area contributed by atoms with Crippen LogP contribution < -0.4 is 10.1 Å². The highest BCUT2D eigenvalue weighted by Gasteiger charge is 2.04. The van der Waals surface area contributed by atoms with Gasteiger partial charge in [0.2, 0.25) is 0 Å². The van der Waals surface area contributed by atoms with Crippen molar-refractivity contribution >= 4 is 27.9 Å². The van der Waals surface area contributed by atoms with Crippen LogP contribution >= 0.6 is 11.3 Å². The van der Waals surface area contributed by atoms with Gasteiger partial charge in [-0.3, -0.25) is 0 Å². The molecule has 0 bridgehead atoms. The van der Waals surface area contributed by atoms with Gasteiger partial charge in [0, 0.05) is 36.1 Å². The van der Waals surface area contributed by atoms with Crippen LogP contribution in [0.4, 0.5) is 5.82 Å². The predicted molar refractivity (Wildman–Crippen MR) is 82.6 cm³/mol. The van der Waals surface area contributed by atoms with Crippen molar-refractivity contribution in [2.75, 3.05) is 19.0 Å². The number of thiazole rings is 1. The molecular weight excluding hydrogens is 270 g/mol. The largest absolute Gasteiger partial charge is 0.497 e. The summed E-state index contributed by atoms with van der Waals surface area (Å²) < 4.78 is 5.28. The lowest BCUT2D eigenvalue weighted by Gasteiger charge is -2.09. The van der Waals surface area contributed by atoms with Gasteiger partial charge in [-0.1, -0.05) is 6.07 Å². The number of methoxy groups -OCH3 is 1. The summed E-state index contributed by atoms with van der Waals surface area (Å²) in [5.74, 6) is 1.73. The van der Waals surface area contributed by atoms with Gasteiger partial charge >= 0.3 is 0 Å². The lowest BCUT2D eigenvalue weighted by Crippen LogP contribution is -2.06. The van der Waals surface area contributed by atoms with Gasteiger partial charge in [-0.25, -0.2) is 9.97 Å². The topological polar surface area (TPSA) is 47.0 Å². The first-order chi connectivity index (χ1) is 9.86. The maximum atomic E-state index is 5.28. The van der Waals surface area contributed by atoms with Crippen molar-refractivity contribution in [1.82, 2.24) is 9.97 Å². The van der Waals surface area contributed by atoms with Crippen molar-refractivity contribution in [3.8, 4) is 5.75 Å². The van der Waals surface area contributed by atoms with Crippen molar-refractivity contribution in [2.45, 2.75) is 6.42 Å². The van der Waals surface area contributed by atoms with Gasteiger partial charge in [-0.2, -0.15) is 0 Å². The molecule has 0 atom stereocenters. The molecule has 0 spiro atoms. The molecule has 0 saturated heterocycles. The molecule has 102 valence electrons. The number of pyridine rings is 1. The zero-order valence-corrected chi connectivity index (χ0v) is 12.0. The Kier molecular flexibility index (Phi) is 3.78. The first kappa shape index (κ1) is 12.9. The lowest BCUT2D eigenvalue weighted by molar-refractivity contribution is 0.415. The van der Waals surface area contributed by atoms with E-state index in [1.807, 2.05) is 42.0 Å². The Morgan fingerprint density at radius 3 is 2.95 bits per heavy atom. The molecular formula is C15H15N3OS. The Morgan fingerprint density at radius 2 is 2.15 bits per heavy atom. The van der Waals surface area contributed by atoms with E-state index in [4.69, 9.17) is 4.74 Å². The molecule has 0 aliphatic carbocycles. The number of rotatable bonds is 5. The normalized spacial score (nSPS) is 10.7. The van der Waals surface area contributed by atoms with Crippen LogP contribution in [-0.4, -0.2) is 23.6 Å². The maximum Gasteiger partial charge on any atom is 0.133 e. The first-order valence-corrected chi connectivity index (χ1v) is 7.30. The number of nitrogens with one attached hydrogen (secondary N) is 1. The molecule has 3 aromatic rings. The third kappa shape index (κ3) is 2.72. The summed E-state index contributed by atoms with van der Waals surface area (Å²) >= 11 is 1.68. The standard InChI is InChI=1S/C15H15N3OS/c1-19-12-3-2-11-4-6-17-15(13(11)10-12)18-7-5-14-16-8-9-20-14/h2-4,6,8-10H,5,7H2,1H3,(H,17,18). The van der Waals surface area contributed by atoms with Crippen molar-refractivity contribution < 1.29 is 4.74 Å². The number of anilines is 1. The maximum absolute atomic E-state index is 5.28. The van der Waals surface area contributed by atoms with E-state index in [-0.39, 0.29) is 0 Å². The Bertz CT molecular complexity index is 697. The van der Waals surface area contributed by atoms with Gasteiger partial charge in [0.1, 0.15) is 11.6 Å². The third-order valence-electron chi connectivity index (χ3n) is 3.09. The number of fused-ring (bicyclic) bond motifs is 1. The number of aromatic nitrogens is 2. The molecule has 1 N–H and O–H groups in total. The van der Waals surface area contributed by atoms with Crippen molar-refractivity contribution in [3.05, 3.63) is 47.0 Å². The molecule has 0 fully saturated rings. The molecule has 0 amide bonds. The van der Waals surface area contributed by atoms with Crippen molar-refractivity contribution in [3.63, 3.8) is 0 Å². The molecule has 2 heterocycles. The molecule has 0 aliphatic heterocycles. The third-order valence-corrected chi connectivity index (χ3v) is 3.93. The minimum atomic E-state index is 0.816. The second kappa shape index (κ2) is 5.88. The Labute approximate surface area is 121 Å². The molecule has 0 radical (unpaired) electrons. The highest BCUT2D eigenvalue weighted by molar-refractivity contribution is 7.09. The second-order valence-electron chi connectivity index (χ2n) is 4.35. The molecule has 0 aliphatic rings. The van der Waals surface area contributed by atoms with Crippen LogP contribution in [0.2, 0.25) is 0 Å². The smallest absolute Gasteiger partial charge is 0.133 e. The summed E-state index contributed by atoms with van der Waals surface area (Å²) in [7, 11) is 1.67. The number of hydrogen-bond acceptors (Lipinski definition) is 5. The lowest BCUT2D eigenvalue weighted by atomic mass is 10.1. The fourth-order valence-electron chi connectivity index (χ4n) is 2.08. The van der Waals surface area contributed by atoms with Gasteiger partial charge in [-0.05, 0) is 23.6 Å². The summed E-state index contributed by atoms with van der Waals surface area (Å²) in [6, 6.07) is 8.01. The monoisotopic (exact) mass is 285 g/mol. The average molecular weight is 285 g/mol. The van der Waals surface area contributed by atoms with Gasteiger partial charge in [0.25, 0.3) is 0 Å². The SMILES string of the molecule is COc1ccc2ccnc(NCCc3nccs3)c2c1. The molecule has 2 aromatic heterocycles. The minimum Gasteiger partial charge on any atom is -0.497 e. The highest BCUT2D eigenvalue weighted by Crippen LogP contribution is 2.25. The van der Waals surface area contributed by atoms with Crippen LogP contribution in [0.15, 0.2) is 42.0 Å². The van der Waals surface area contributed by atoms with Gasteiger partial charge in [-0.15, -0.1) is 11.3 Å². The summed E-state index contributed by atoms with van der Waals surface area (Å²) in [5, 5.41) is 8.73. The summed E-state index contributed by atoms with van der Waals surface area (Å²) in [4.78, 5) is 8.69. The fourth-order valence-corrected chi connectivity index (χ4v) is 2.70. The van der Waals surface area contributed by atoms with E-state index in [1.165, 1.54) is 0 Å². The summed E-state index contributed by atoms with van der Waals surface area (Å²) in [6.07, 6.45) is 4.56. The number of nitrogens with zero attached hydrogens (tertiary/aromatic N) is 2. The molecule has 1 aromatic carbocycles.